The van der Waals surface area contributed by atoms with E-state index in [1.807, 2.05) is 93.8 Å². The number of rotatable bonds is 7. The summed E-state index contributed by atoms with van der Waals surface area (Å²) in [6.07, 6.45) is 1.78. The van der Waals surface area contributed by atoms with E-state index >= 15 is 0 Å². The number of methoxy groups -OCH3 is 1. The van der Waals surface area contributed by atoms with Crippen LogP contribution in [0.4, 0.5) is 5.69 Å². The van der Waals surface area contributed by atoms with Crippen molar-refractivity contribution in [1.82, 2.24) is 14.7 Å². The van der Waals surface area contributed by atoms with Gasteiger partial charge in [-0.2, -0.15) is 5.10 Å². The van der Waals surface area contributed by atoms with Crippen LogP contribution in [0.3, 0.4) is 0 Å². The highest BCUT2D eigenvalue weighted by Gasteiger charge is 2.20. The summed E-state index contributed by atoms with van der Waals surface area (Å²) >= 11 is 0. The molecule has 1 heterocycles. The number of ether oxygens (including phenoxy) is 1. The maximum atomic E-state index is 13.5. The fraction of sp³-hybridized carbons (Fsp3) is 0.185. The SMILES string of the molecule is COc1cccc(-c2nn(-c3ccc(C)cc3)cc2C(=O)Nc2ccccc2CN(C)C)c1. The van der Waals surface area contributed by atoms with Crippen molar-refractivity contribution in [1.29, 1.82) is 0 Å². The molecule has 0 atom stereocenters. The highest BCUT2D eigenvalue weighted by molar-refractivity contribution is 6.08. The first-order valence-electron chi connectivity index (χ1n) is 10.8. The minimum absolute atomic E-state index is 0.211. The standard InChI is InChI=1S/C27H28N4O2/c1-19-12-14-22(15-13-19)31-18-24(26(29-31)20-9-7-10-23(16-20)33-4)27(32)28-25-11-6-5-8-21(25)17-30(2)3/h5-16,18H,17H2,1-4H3,(H,28,32). The number of carbonyl (C=O) groups excluding carboxylic acids is 1. The quantitative estimate of drug-likeness (QED) is 0.431. The van der Waals surface area contributed by atoms with E-state index in [-0.39, 0.29) is 5.91 Å². The lowest BCUT2D eigenvalue weighted by Crippen LogP contribution is -2.17. The fourth-order valence-corrected chi connectivity index (χ4v) is 3.66. The summed E-state index contributed by atoms with van der Waals surface area (Å²) in [5.74, 6) is 0.498. The second-order valence-corrected chi connectivity index (χ2v) is 8.25. The third-order valence-electron chi connectivity index (χ3n) is 5.35. The molecular weight excluding hydrogens is 412 g/mol. The van der Waals surface area contributed by atoms with Gasteiger partial charge < -0.3 is 15.0 Å². The predicted octanol–water partition coefficient (Wildman–Crippen LogP) is 5.17. The Labute approximate surface area is 194 Å². The van der Waals surface area contributed by atoms with Crippen molar-refractivity contribution >= 4 is 11.6 Å². The molecule has 1 amide bonds. The number of benzene rings is 3. The van der Waals surface area contributed by atoms with Crippen molar-refractivity contribution in [3.8, 4) is 22.7 Å². The van der Waals surface area contributed by atoms with Crippen LogP contribution in [0.2, 0.25) is 0 Å². The molecule has 0 saturated heterocycles. The molecule has 1 N–H and O–H groups in total. The molecule has 0 spiro atoms. The zero-order valence-electron chi connectivity index (χ0n) is 19.4. The van der Waals surface area contributed by atoms with Crippen molar-refractivity contribution in [3.05, 3.63) is 95.7 Å². The summed E-state index contributed by atoms with van der Waals surface area (Å²) in [5.41, 5.74) is 5.78. The molecule has 4 rings (SSSR count). The van der Waals surface area contributed by atoms with E-state index < -0.39 is 0 Å². The zero-order valence-corrected chi connectivity index (χ0v) is 19.4. The van der Waals surface area contributed by atoms with E-state index in [2.05, 4.69) is 10.2 Å². The van der Waals surface area contributed by atoms with Crippen LogP contribution in [0.25, 0.3) is 16.9 Å². The highest BCUT2D eigenvalue weighted by atomic mass is 16.5. The smallest absolute Gasteiger partial charge is 0.259 e. The lowest BCUT2D eigenvalue weighted by Gasteiger charge is -2.15. The summed E-state index contributed by atoms with van der Waals surface area (Å²) in [6, 6.07) is 23.5. The molecule has 0 aliphatic carbocycles. The number of para-hydroxylation sites is 1. The molecule has 0 radical (unpaired) electrons. The summed E-state index contributed by atoms with van der Waals surface area (Å²) in [4.78, 5) is 15.6. The monoisotopic (exact) mass is 440 g/mol. The van der Waals surface area contributed by atoms with Crippen LogP contribution in [-0.2, 0) is 6.54 Å². The third kappa shape index (κ3) is 5.13. The van der Waals surface area contributed by atoms with Crippen LogP contribution in [0, 0.1) is 6.92 Å². The number of hydrogen-bond donors (Lipinski definition) is 1. The maximum absolute atomic E-state index is 13.5. The number of anilines is 1. The van der Waals surface area contributed by atoms with Gasteiger partial charge in [-0.25, -0.2) is 4.68 Å². The van der Waals surface area contributed by atoms with Gasteiger partial charge in [0, 0.05) is 24.0 Å². The second kappa shape index (κ2) is 9.71. The number of nitrogens with zero attached hydrogens (tertiary/aromatic N) is 3. The molecule has 4 aromatic rings. The van der Waals surface area contributed by atoms with E-state index in [0.717, 1.165) is 34.6 Å². The maximum Gasteiger partial charge on any atom is 0.259 e. The van der Waals surface area contributed by atoms with Gasteiger partial charge in [-0.3, -0.25) is 4.79 Å². The predicted molar refractivity (Wildman–Crippen MR) is 132 cm³/mol. The fourth-order valence-electron chi connectivity index (χ4n) is 3.66. The number of amides is 1. The normalized spacial score (nSPS) is 10.9. The summed E-state index contributed by atoms with van der Waals surface area (Å²) in [5, 5.41) is 7.88. The molecule has 1 aromatic heterocycles. The topological polar surface area (TPSA) is 59.4 Å². The third-order valence-corrected chi connectivity index (χ3v) is 5.35. The van der Waals surface area contributed by atoms with Gasteiger partial charge in [0.25, 0.3) is 5.91 Å². The van der Waals surface area contributed by atoms with Gasteiger partial charge in [0.1, 0.15) is 11.4 Å². The van der Waals surface area contributed by atoms with E-state index in [0.29, 0.717) is 17.0 Å². The van der Waals surface area contributed by atoms with Crippen LogP contribution in [0.15, 0.2) is 79.0 Å². The number of aromatic nitrogens is 2. The van der Waals surface area contributed by atoms with E-state index in [1.165, 1.54) is 0 Å². The summed E-state index contributed by atoms with van der Waals surface area (Å²) in [7, 11) is 5.63. The Morgan fingerprint density at radius 1 is 1.03 bits per heavy atom. The summed E-state index contributed by atoms with van der Waals surface area (Å²) < 4.78 is 7.13. The van der Waals surface area contributed by atoms with Crippen molar-refractivity contribution in [2.45, 2.75) is 13.5 Å². The second-order valence-electron chi connectivity index (χ2n) is 8.25. The molecule has 0 bridgehead atoms. The molecule has 33 heavy (non-hydrogen) atoms. The van der Waals surface area contributed by atoms with Gasteiger partial charge in [-0.1, -0.05) is 48.0 Å². The van der Waals surface area contributed by atoms with Crippen LogP contribution in [-0.4, -0.2) is 41.8 Å². The average molecular weight is 441 g/mol. The Balaban J connectivity index is 1.76. The number of nitrogens with one attached hydrogen (secondary N) is 1. The Hall–Kier alpha value is -3.90. The summed E-state index contributed by atoms with van der Waals surface area (Å²) in [6.45, 7) is 2.76. The van der Waals surface area contributed by atoms with Gasteiger partial charge in [-0.05, 0) is 56.9 Å². The van der Waals surface area contributed by atoms with Gasteiger partial charge >= 0.3 is 0 Å². The van der Waals surface area contributed by atoms with E-state index in [1.54, 1.807) is 18.0 Å². The Kier molecular flexibility index (Phi) is 6.56. The molecule has 6 heteroatoms. The zero-order chi connectivity index (χ0) is 23.4. The van der Waals surface area contributed by atoms with Crippen LogP contribution >= 0.6 is 0 Å². The molecule has 3 aromatic carbocycles. The van der Waals surface area contributed by atoms with Crippen LogP contribution in [0.1, 0.15) is 21.5 Å². The van der Waals surface area contributed by atoms with Crippen LogP contribution in [0.5, 0.6) is 5.75 Å². The largest absolute Gasteiger partial charge is 0.497 e. The van der Waals surface area contributed by atoms with Crippen molar-refractivity contribution < 1.29 is 9.53 Å². The van der Waals surface area contributed by atoms with E-state index in [4.69, 9.17) is 9.84 Å². The molecule has 0 fully saturated rings. The Morgan fingerprint density at radius 3 is 2.52 bits per heavy atom. The van der Waals surface area contributed by atoms with Crippen LogP contribution < -0.4 is 10.1 Å². The first-order valence-corrected chi connectivity index (χ1v) is 10.8. The Morgan fingerprint density at radius 2 is 1.79 bits per heavy atom. The molecule has 168 valence electrons. The minimum Gasteiger partial charge on any atom is -0.497 e. The Bertz CT molecular complexity index is 1260. The first-order chi connectivity index (χ1) is 15.9. The first kappa shape index (κ1) is 22.3. The number of hydrogen-bond acceptors (Lipinski definition) is 4. The van der Waals surface area contributed by atoms with Gasteiger partial charge in [0.05, 0.1) is 18.4 Å². The number of carbonyl (C=O) groups is 1. The van der Waals surface area contributed by atoms with Crippen molar-refractivity contribution in [2.24, 2.45) is 0 Å². The lowest BCUT2D eigenvalue weighted by molar-refractivity contribution is 0.102. The number of aryl methyl sites for hydroxylation is 1. The molecule has 0 unspecified atom stereocenters. The molecule has 0 aliphatic rings. The molecule has 6 nitrogen and oxygen atoms in total. The minimum atomic E-state index is -0.211. The van der Waals surface area contributed by atoms with E-state index in [9.17, 15) is 4.79 Å². The van der Waals surface area contributed by atoms with Gasteiger partial charge in [-0.15, -0.1) is 0 Å². The van der Waals surface area contributed by atoms with Crippen molar-refractivity contribution in [2.75, 3.05) is 26.5 Å². The lowest BCUT2D eigenvalue weighted by atomic mass is 10.1. The van der Waals surface area contributed by atoms with Gasteiger partial charge in [0.15, 0.2) is 0 Å². The highest BCUT2D eigenvalue weighted by Crippen LogP contribution is 2.28. The average Bonchev–Trinajstić information content (AvgIpc) is 3.26. The van der Waals surface area contributed by atoms with Crippen molar-refractivity contribution in [3.63, 3.8) is 0 Å². The molecular formula is C27H28N4O2. The van der Waals surface area contributed by atoms with Gasteiger partial charge in [0.2, 0.25) is 0 Å². The molecule has 0 saturated carbocycles. The molecule has 0 aliphatic heterocycles.